The lowest BCUT2D eigenvalue weighted by molar-refractivity contribution is -0.140. The molecular weight excluding hydrogens is 336 g/mol. The van der Waals surface area contributed by atoms with E-state index < -0.39 is 23.5 Å². The number of fused-ring (bicyclic) bond motifs is 1. The Hall–Kier alpha value is -3.41. The van der Waals surface area contributed by atoms with Crippen LogP contribution in [0.3, 0.4) is 0 Å². The summed E-state index contributed by atoms with van der Waals surface area (Å²) in [7, 11) is 1.21. The number of aliphatic hydroxyl groups excluding tert-OH is 1. The zero-order valence-corrected chi connectivity index (χ0v) is 13.9. The molecule has 132 valence electrons. The van der Waals surface area contributed by atoms with Crippen LogP contribution in [0.2, 0.25) is 0 Å². The predicted octanol–water partition coefficient (Wildman–Crippen LogP) is 2.77. The Labute approximate surface area is 149 Å². The van der Waals surface area contributed by atoms with Crippen molar-refractivity contribution < 1.29 is 29.3 Å². The van der Waals surface area contributed by atoms with E-state index in [1.54, 1.807) is 24.3 Å². The van der Waals surface area contributed by atoms with Gasteiger partial charge >= 0.3 is 5.97 Å². The van der Waals surface area contributed by atoms with Crippen molar-refractivity contribution in [2.24, 2.45) is 0 Å². The van der Waals surface area contributed by atoms with Gasteiger partial charge in [0.1, 0.15) is 11.5 Å². The molecule has 0 aromatic heterocycles. The third-order valence-corrected chi connectivity index (χ3v) is 4.35. The van der Waals surface area contributed by atoms with Gasteiger partial charge in [0.05, 0.1) is 19.1 Å². The molecule has 6 nitrogen and oxygen atoms in total. The smallest absolute Gasteiger partial charge is 0.306 e. The number of phenolic OH excluding ortho intramolecular Hbond substituents is 1. The summed E-state index contributed by atoms with van der Waals surface area (Å²) in [4.78, 5) is 37.0. The maximum atomic E-state index is 12.7. The van der Waals surface area contributed by atoms with Crippen LogP contribution < -0.4 is 0 Å². The number of esters is 1. The van der Waals surface area contributed by atoms with Gasteiger partial charge in [-0.3, -0.25) is 14.4 Å². The number of benzene rings is 2. The van der Waals surface area contributed by atoms with E-state index in [9.17, 15) is 24.6 Å². The first kappa shape index (κ1) is 17.4. The largest absolute Gasteiger partial charge is 0.508 e. The standard InChI is InChI=1S/C20H16O6/c1-26-16(22)10-15(11-5-4-6-12(21)9-11)17-18(23)13-7-2-3-8-14(13)19(24)20(17)25/h2-9,15,21,23H,10H2,1H3/t15-/m1/s1. The van der Waals surface area contributed by atoms with Gasteiger partial charge in [0.2, 0.25) is 11.6 Å². The number of hydrogen-bond acceptors (Lipinski definition) is 6. The van der Waals surface area contributed by atoms with E-state index in [4.69, 9.17) is 0 Å². The van der Waals surface area contributed by atoms with E-state index in [1.807, 2.05) is 0 Å². The van der Waals surface area contributed by atoms with Crippen molar-refractivity contribution in [3.8, 4) is 5.75 Å². The molecule has 1 atom stereocenters. The van der Waals surface area contributed by atoms with Crippen LogP contribution in [-0.2, 0) is 14.3 Å². The minimum absolute atomic E-state index is 0.0626. The quantitative estimate of drug-likeness (QED) is 0.648. The van der Waals surface area contributed by atoms with Crippen LogP contribution in [0.25, 0.3) is 5.76 Å². The second-order valence-corrected chi connectivity index (χ2v) is 5.89. The van der Waals surface area contributed by atoms with Crippen molar-refractivity contribution in [2.45, 2.75) is 12.3 Å². The highest BCUT2D eigenvalue weighted by Gasteiger charge is 2.38. The first-order valence-electron chi connectivity index (χ1n) is 7.91. The number of methoxy groups -OCH3 is 1. The monoisotopic (exact) mass is 352 g/mol. The van der Waals surface area contributed by atoms with Gasteiger partial charge < -0.3 is 14.9 Å². The minimum atomic E-state index is -0.931. The van der Waals surface area contributed by atoms with Gasteiger partial charge in [0.25, 0.3) is 0 Å². The number of rotatable bonds is 4. The fraction of sp³-hybridized carbons (Fsp3) is 0.150. The molecule has 0 aliphatic heterocycles. The molecule has 0 fully saturated rings. The molecular formula is C20H16O6. The average Bonchev–Trinajstić information content (AvgIpc) is 2.65. The molecule has 26 heavy (non-hydrogen) atoms. The molecule has 1 aliphatic rings. The predicted molar refractivity (Wildman–Crippen MR) is 92.8 cm³/mol. The Morgan fingerprint density at radius 3 is 2.35 bits per heavy atom. The fourth-order valence-corrected chi connectivity index (χ4v) is 3.09. The van der Waals surface area contributed by atoms with E-state index in [-0.39, 0.29) is 34.6 Å². The van der Waals surface area contributed by atoms with E-state index in [0.29, 0.717) is 5.56 Å². The zero-order valence-electron chi connectivity index (χ0n) is 13.9. The Morgan fingerprint density at radius 2 is 1.69 bits per heavy atom. The Morgan fingerprint density at radius 1 is 1.00 bits per heavy atom. The number of Topliss-reactive ketones (excluding diaryl/α,β-unsaturated/α-hetero) is 2. The van der Waals surface area contributed by atoms with Gasteiger partial charge in [-0.15, -0.1) is 0 Å². The lowest BCUT2D eigenvalue weighted by Crippen LogP contribution is -2.28. The number of ether oxygens (including phenoxy) is 1. The summed E-state index contributed by atoms with van der Waals surface area (Å²) in [6.07, 6.45) is -0.263. The Bertz CT molecular complexity index is 941. The van der Waals surface area contributed by atoms with Gasteiger partial charge in [0.15, 0.2) is 0 Å². The lowest BCUT2D eigenvalue weighted by Gasteiger charge is -2.24. The molecule has 0 bridgehead atoms. The number of ketones is 2. The maximum Gasteiger partial charge on any atom is 0.306 e. The number of phenols is 1. The molecule has 1 aliphatic carbocycles. The summed E-state index contributed by atoms with van der Waals surface area (Å²) in [6, 6.07) is 12.2. The number of carbonyl (C=O) groups is 3. The Kier molecular flexibility index (Phi) is 4.58. The van der Waals surface area contributed by atoms with Crippen molar-refractivity contribution in [3.05, 3.63) is 70.8 Å². The first-order valence-corrected chi connectivity index (χ1v) is 7.91. The van der Waals surface area contributed by atoms with Crippen LogP contribution in [0.15, 0.2) is 54.1 Å². The lowest BCUT2D eigenvalue weighted by atomic mass is 9.78. The number of aliphatic hydroxyl groups is 1. The normalized spacial score (nSPS) is 14.8. The van der Waals surface area contributed by atoms with Gasteiger partial charge in [-0.1, -0.05) is 36.4 Å². The third kappa shape index (κ3) is 2.97. The van der Waals surface area contributed by atoms with E-state index in [1.165, 1.54) is 31.4 Å². The number of hydrogen-bond donors (Lipinski definition) is 2. The molecule has 0 unspecified atom stereocenters. The fourth-order valence-electron chi connectivity index (χ4n) is 3.09. The van der Waals surface area contributed by atoms with Crippen molar-refractivity contribution in [1.29, 1.82) is 0 Å². The second kappa shape index (κ2) is 6.84. The molecule has 2 aromatic carbocycles. The molecule has 0 saturated heterocycles. The van der Waals surface area contributed by atoms with Crippen LogP contribution in [0.5, 0.6) is 5.75 Å². The van der Waals surface area contributed by atoms with Gasteiger partial charge in [-0.05, 0) is 17.7 Å². The van der Waals surface area contributed by atoms with Crippen molar-refractivity contribution >= 4 is 23.3 Å². The van der Waals surface area contributed by atoms with Crippen LogP contribution >= 0.6 is 0 Å². The van der Waals surface area contributed by atoms with Crippen molar-refractivity contribution in [3.63, 3.8) is 0 Å². The zero-order chi connectivity index (χ0) is 18.8. The third-order valence-electron chi connectivity index (χ3n) is 4.35. The topological polar surface area (TPSA) is 101 Å². The molecule has 0 heterocycles. The van der Waals surface area contributed by atoms with Crippen LogP contribution in [0.4, 0.5) is 0 Å². The molecule has 0 spiro atoms. The maximum absolute atomic E-state index is 12.7. The van der Waals surface area contributed by atoms with Crippen molar-refractivity contribution in [2.75, 3.05) is 7.11 Å². The van der Waals surface area contributed by atoms with E-state index in [0.717, 1.165) is 0 Å². The SMILES string of the molecule is COC(=O)C[C@@H](C1=C(O)c2ccccc2C(=O)C1=O)c1cccc(O)c1. The molecule has 6 heteroatoms. The summed E-state index contributed by atoms with van der Waals surface area (Å²) < 4.78 is 4.69. The molecule has 0 radical (unpaired) electrons. The first-order chi connectivity index (χ1) is 12.4. The van der Waals surface area contributed by atoms with E-state index in [2.05, 4.69) is 4.74 Å². The number of carbonyl (C=O) groups excluding carboxylic acids is 3. The van der Waals surface area contributed by atoms with Gasteiger partial charge in [0, 0.05) is 17.0 Å². The summed E-state index contributed by atoms with van der Waals surface area (Å²) in [5.74, 6) is -3.58. The molecule has 3 rings (SSSR count). The highest BCUT2D eigenvalue weighted by Crippen LogP contribution is 2.38. The highest BCUT2D eigenvalue weighted by molar-refractivity contribution is 6.52. The summed E-state index contributed by atoms with van der Waals surface area (Å²) in [6.45, 7) is 0. The number of aromatic hydroxyl groups is 1. The molecule has 0 saturated carbocycles. The summed E-state index contributed by atoms with van der Waals surface area (Å²) >= 11 is 0. The van der Waals surface area contributed by atoms with Crippen LogP contribution in [0, 0.1) is 0 Å². The van der Waals surface area contributed by atoms with Gasteiger partial charge in [-0.2, -0.15) is 0 Å². The van der Waals surface area contributed by atoms with Gasteiger partial charge in [-0.25, -0.2) is 0 Å². The molecule has 2 N–H and O–H groups in total. The average molecular weight is 352 g/mol. The summed E-state index contributed by atoms with van der Waals surface area (Å²) in [5.41, 5.74) is 0.593. The van der Waals surface area contributed by atoms with Crippen molar-refractivity contribution in [1.82, 2.24) is 0 Å². The highest BCUT2D eigenvalue weighted by atomic mass is 16.5. The minimum Gasteiger partial charge on any atom is -0.508 e. The van der Waals surface area contributed by atoms with E-state index >= 15 is 0 Å². The molecule has 0 amide bonds. The second-order valence-electron chi connectivity index (χ2n) is 5.89. The van der Waals surface area contributed by atoms with Crippen LogP contribution in [0.1, 0.15) is 33.8 Å². The molecule has 2 aromatic rings. The number of allylic oxidation sites excluding steroid dienone is 1. The Balaban J connectivity index is 2.21. The van der Waals surface area contributed by atoms with Crippen LogP contribution in [-0.4, -0.2) is 34.9 Å². The summed E-state index contributed by atoms with van der Waals surface area (Å²) in [5, 5.41) is 20.4.